The van der Waals surface area contributed by atoms with Crippen LogP contribution in [-0.2, 0) is 11.2 Å². The Morgan fingerprint density at radius 2 is 2.12 bits per heavy atom. The first kappa shape index (κ1) is 13.5. The molecule has 0 heterocycles. The van der Waals surface area contributed by atoms with Crippen molar-refractivity contribution in [3.05, 3.63) is 29.8 Å². The van der Waals surface area contributed by atoms with Crippen molar-refractivity contribution >= 4 is 5.91 Å². The molecule has 0 aliphatic carbocycles. The van der Waals surface area contributed by atoms with Crippen molar-refractivity contribution in [1.29, 1.82) is 0 Å². The zero-order valence-electron chi connectivity index (χ0n) is 10.6. The van der Waals surface area contributed by atoms with E-state index in [0.29, 0.717) is 0 Å². The summed E-state index contributed by atoms with van der Waals surface area (Å²) in [6.07, 6.45) is 0.839. The van der Waals surface area contributed by atoms with Gasteiger partial charge in [0.2, 0.25) is 5.91 Å². The van der Waals surface area contributed by atoms with E-state index in [1.54, 1.807) is 14.2 Å². The minimum absolute atomic E-state index is 0.00465. The van der Waals surface area contributed by atoms with E-state index in [4.69, 9.17) is 4.74 Å². The molecule has 0 aromatic heterocycles. The second-order valence-corrected chi connectivity index (χ2v) is 3.85. The number of nitrogens with one attached hydrogen (secondary N) is 2. The number of carbonyl (C=O) groups excluding carboxylic acids is 1. The zero-order chi connectivity index (χ0) is 12.7. The number of methoxy groups -OCH3 is 1. The molecule has 2 N–H and O–H groups in total. The summed E-state index contributed by atoms with van der Waals surface area (Å²) in [4.78, 5) is 11.3. The normalized spacial score (nSPS) is 11.9. The molecule has 0 saturated carbocycles. The minimum atomic E-state index is -0.172. The Morgan fingerprint density at radius 3 is 2.76 bits per heavy atom. The number of carbonyl (C=O) groups is 1. The highest BCUT2D eigenvalue weighted by Crippen LogP contribution is 2.17. The topological polar surface area (TPSA) is 50.4 Å². The van der Waals surface area contributed by atoms with Gasteiger partial charge < -0.3 is 15.4 Å². The van der Waals surface area contributed by atoms with Crippen molar-refractivity contribution in [1.82, 2.24) is 10.6 Å². The number of hydrogen-bond acceptors (Lipinski definition) is 3. The molecule has 94 valence electrons. The van der Waals surface area contributed by atoms with Crippen molar-refractivity contribution in [2.24, 2.45) is 0 Å². The Balaban J connectivity index is 2.43. The van der Waals surface area contributed by atoms with Crippen LogP contribution in [0, 0.1) is 0 Å². The van der Waals surface area contributed by atoms with Crippen LogP contribution in [0.15, 0.2) is 24.3 Å². The maximum atomic E-state index is 11.3. The molecule has 4 nitrogen and oxygen atoms in total. The first-order chi connectivity index (χ1) is 8.19. The standard InChI is InChI=1S/C13H20N2O2/c1-10(13(16)14-2)15-9-8-11-6-4-5-7-12(11)17-3/h4-7,10,15H,8-9H2,1-3H3,(H,14,16). The first-order valence-electron chi connectivity index (χ1n) is 5.76. The van der Waals surface area contributed by atoms with Gasteiger partial charge in [-0.15, -0.1) is 0 Å². The third-order valence-corrected chi connectivity index (χ3v) is 2.68. The van der Waals surface area contributed by atoms with Crippen LogP contribution in [0.2, 0.25) is 0 Å². The van der Waals surface area contributed by atoms with Gasteiger partial charge in [0, 0.05) is 13.6 Å². The molecule has 0 aliphatic heterocycles. The van der Waals surface area contributed by atoms with Crippen molar-refractivity contribution in [3.63, 3.8) is 0 Å². The average Bonchev–Trinajstić information content (AvgIpc) is 2.38. The SMILES string of the molecule is CNC(=O)C(C)NCCc1ccccc1OC. The van der Waals surface area contributed by atoms with Gasteiger partial charge in [-0.1, -0.05) is 18.2 Å². The van der Waals surface area contributed by atoms with Crippen LogP contribution in [0.3, 0.4) is 0 Å². The van der Waals surface area contributed by atoms with Crippen LogP contribution < -0.4 is 15.4 Å². The van der Waals surface area contributed by atoms with Crippen LogP contribution in [0.5, 0.6) is 5.75 Å². The molecular weight excluding hydrogens is 216 g/mol. The van der Waals surface area contributed by atoms with E-state index in [2.05, 4.69) is 10.6 Å². The third-order valence-electron chi connectivity index (χ3n) is 2.68. The van der Waals surface area contributed by atoms with Crippen molar-refractivity contribution < 1.29 is 9.53 Å². The Kier molecular flexibility index (Phi) is 5.49. The molecule has 0 spiro atoms. The van der Waals surface area contributed by atoms with Crippen molar-refractivity contribution in [3.8, 4) is 5.75 Å². The van der Waals surface area contributed by atoms with E-state index in [9.17, 15) is 4.79 Å². The van der Waals surface area contributed by atoms with Crippen LogP contribution in [0.25, 0.3) is 0 Å². The summed E-state index contributed by atoms with van der Waals surface area (Å²) in [6.45, 7) is 2.59. The van der Waals surface area contributed by atoms with Gasteiger partial charge in [-0.3, -0.25) is 4.79 Å². The molecule has 0 fully saturated rings. The van der Waals surface area contributed by atoms with Crippen molar-refractivity contribution in [2.45, 2.75) is 19.4 Å². The Hall–Kier alpha value is -1.55. The predicted molar refractivity (Wildman–Crippen MR) is 68.2 cm³/mol. The zero-order valence-corrected chi connectivity index (χ0v) is 10.6. The number of rotatable bonds is 6. The highest BCUT2D eigenvalue weighted by atomic mass is 16.5. The Labute approximate surface area is 102 Å². The van der Waals surface area contributed by atoms with E-state index in [1.165, 1.54) is 0 Å². The molecule has 0 aliphatic rings. The highest BCUT2D eigenvalue weighted by molar-refractivity contribution is 5.80. The van der Waals surface area contributed by atoms with Gasteiger partial charge in [0.05, 0.1) is 13.2 Å². The minimum Gasteiger partial charge on any atom is -0.496 e. The summed E-state index contributed by atoms with van der Waals surface area (Å²) < 4.78 is 5.26. The molecule has 4 heteroatoms. The van der Waals surface area contributed by atoms with E-state index in [1.807, 2.05) is 31.2 Å². The first-order valence-corrected chi connectivity index (χ1v) is 5.76. The lowest BCUT2D eigenvalue weighted by molar-refractivity contribution is -0.122. The average molecular weight is 236 g/mol. The van der Waals surface area contributed by atoms with Crippen LogP contribution >= 0.6 is 0 Å². The summed E-state index contributed by atoms with van der Waals surface area (Å²) in [6, 6.07) is 7.74. The van der Waals surface area contributed by atoms with Gasteiger partial charge in [-0.2, -0.15) is 0 Å². The van der Waals surface area contributed by atoms with Gasteiger partial charge in [-0.05, 0) is 25.0 Å². The lowest BCUT2D eigenvalue weighted by atomic mass is 10.1. The second-order valence-electron chi connectivity index (χ2n) is 3.85. The van der Waals surface area contributed by atoms with Crippen LogP contribution in [0.4, 0.5) is 0 Å². The lowest BCUT2D eigenvalue weighted by Gasteiger charge is -2.13. The quantitative estimate of drug-likeness (QED) is 0.773. The second kappa shape index (κ2) is 6.91. The number of benzene rings is 1. The summed E-state index contributed by atoms with van der Waals surface area (Å²) in [5.41, 5.74) is 1.15. The van der Waals surface area contributed by atoms with Gasteiger partial charge in [0.1, 0.15) is 5.75 Å². The van der Waals surface area contributed by atoms with E-state index in [-0.39, 0.29) is 11.9 Å². The summed E-state index contributed by atoms with van der Waals surface area (Å²) >= 11 is 0. The summed E-state index contributed by atoms with van der Waals surface area (Å²) in [5, 5.41) is 5.78. The molecule has 17 heavy (non-hydrogen) atoms. The van der Waals surface area contributed by atoms with E-state index >= 15 is 0 Å². The van der Waals surface area contributed by atoms with Gasteiger partial charge in [-0.25, -0.2) is 0 Å². The fourth-order valence-electron chi connectivity index (χ4n) is 1.64. The molecule has 1 aromatic rings. The Bertz CT molecular complexity index is 366. The largest absolute Gasteiger partial charge is 0.496 e. The van der Waals surface area contributed by atoms with Crippen LogP contribution in [-0.4, -0.2) is 32.7 Å². The molecule has 1 aromatic carbocycles. The number of para-hydroxylation sites is 1. The predicted octanol–water partition coefficient (Wildman–Crippen LogP) is 0.962. The third kappa shape index (κ3) is 4.07. The molecule has 1 atom stereocenters. The molecule has 1 amide bonds. The fraction of sp³-hybridized carbons (Fsp3) is 0.462. The van der Waals surface area contributed by atoms with E-state index < -0.39 is 0 Å². The Morgan fingerprint density at radius 1 is 1.41 bits per heavy atom. The number of hydrogen-bond donors (Lipinski definition) is 2. The molecule has 0 bridgehead atoms. The summed E-state index contributed by atoms with van der Waals surface area (Å²) in [5.74, 6) is 0.895. The lowest BCUT2D eigenvalue weighted by Crippen LogP contribution is -2.41. The molecule has 0 radical (unpaired) electrons. The number of likely N-dealkylation sites (N-methyl/N-ethyl adjacent to an activating group) is 1. The molecule has 1 rings (SSSR count). The maximum Gasteiger partial charge on any atom is 0.236 e. The van der Waals surface area contributed by atoms with Gasteiger partial charge >= 0.3 is 0 Å². The van der Waals surface area contributed by atoms with E-state index in [0.717, 1.165) is 24.3 Å². The highest BCUT2D eigenvalue weighted by Gasteiger charge is 2.09. The smallest absolute Gasteiger partial charge is 0.236 e. The molecular formula is C13H20N2O2. The summed E-state index contributed by atoms with van der Waals surface area (Å²) in [7, 11) is 3.31. The van der Waals surface area contributed by atoms with Crippen molar-refractivity contribution in [2.75, 3.05) is 20.7 Å². The molecule has 0 saturated heterocycles. The number of ether oxygens (including phenoxy) is 1. The fourth-order valence-corrected chi connectivity index (χ4v) is 1.64. The maximum absolute atomic E-state index is 11.3. The monoisotopic (exact) mass is 236 g/mol. The number of amides is 1. The van der Waals surface area contributed by atoms with Crippen LogP contribution in [0.1, 0.15) is 12.5 Å². The van der Waals surface area contributed by atoms with Gasteiger partial charge in [0.15, 0.2) is 0 Å². The van der Waals surface area contributed by atoms with Gasteiger partial charge in [0.25, 0.3) is 0 Å². The molecule has 1 unspecified atom stereocenters.